The topological polar surface area (TPSA) is 66.4 Å². The number of hydrogen-bond donors (Lipinski definition) is 2. The molecule has 0 heterocycles. The number of hydrogen-bond acceptors (Lipinski definition) is 2. The molecule has 1 amide bonds. The lowest BCUT2D eigenvalue weighted by Crippen LogP contribution is -2.37. The van der Waals surface area contributed by atoms with Crippen molar-refractivity contribution >= 4 is 23.5 Å². The van der Waals surface area contributed by atoms with Crippen LogP contribution < -0.4 is 5.32 Å². The van der Waals surface area contributed by atoms with E-state index in [0.29, 0.717) is 11.4 Å². The Morgan fingerprint density at radius 2 is 2.19 bits per heavy atom. The average Bonchev–Trinajstić information content (AvgIpc) is 2.92. The van der Waals surface area contributed by atoms with Crippen molar-refractivity contribution in [3.05, 3.63) is 34.3 Å². The number of benzene rings is 1. The van der Waals surface area contributed by atoms with Crippen LogP contribution in [0.5, 0.6) is 0 Å². The second kappa shape index (κ2) is 5.02. The molecule has 5 heteroatoms. The first-order chi connectivity index (χ1) is 9.95. The predicted octanol–water partition coefficient (Wildman–Crippen LogP) is 2.60. The van der Waals surface area contributed by atoms with Crippen LogP contribution in [0.2, 0.25) is 5.02 Å². The minimum Gasteiger partial charge on any atom is -0.481 e. The predicted molar refractivity (Wildman–Crippen MR) is 79.4 cm³/mol. The monoisotopic (exact) mass is 307 g/mol. The van der Waals surface area contributed by atoms with E-state index in [-0.39, 0.29) is 24.3 Å². The molecule has 3 atom stereocenters. The number of carbonyl (C=O) groups is 2. The van der Waals surface area contributed by atoms with Crippen LogP contribution in [0.4, 0.5) is 0 Å². The molecule has 1 saturated carbocycles. The number of carbonyl (C=O) groups excluding carboxylic acids is 1. The normalized spacial score (nSPS) is 29.8. The summed E-state index contributed by atoms with van der Waals surface area (Å²) in [5, 5.41) is 12.8. The highest BCUT2D eigenvalue weighted by Crippen LogP contribution is 2.52. The molecule has 2 aliphatic rings. The number of halogens is 1. The molecule has 0 radical (unpaired) electrons. The Balaban J connectivity index is 1.69. The smallest absolute Gasteiger partial charge is 0.311 e. The van der Waals surface area contributed by atoms with Gasteiger partial charge < -0.3 is 10.4 Å². The first-order valence-electron chi connectivity index (χ1n) is 7.24. The van der Waals surface area contributed by atoms with Gasteiger partial charge in [-0.15, -0.1) is 0 Å². The Labute approximate surface area is 128 Å². The molecule has 0 spiro atoms. The molecule has 2 N–H and O–H groups in total. The lowest BCUT2D eigenvalue weighted by molar-refractivity contribution is -0.143. The second-order valence-electron chi connectivity index (χ2n) is 6.18. The fraction of sp³-hybridized carbons (Fsp3) is 0.500. The maximum atomic E-state index is 12.4. The van der Waals surface area contributed by atoms with Crippen LogP contribution >= 0.6 is 11.6 Å². The number of fused-ring (bicyclic) bond motifs is 1. The van der Waals surface area contributed by atoms with Crippen LogP contribution in [0.25, 0.3) is 0 Å². The van der Waals surface area contributed by atoms with Crippen molar-refractivity contribution in [1.82, 2.24) is 5.32 Å². The maximum absolute atomic E-state index is 12.4. The molecule has 112 valence electrons. The minimum absolute atomic E-state index is 0.0873. The van der Waals surface area contributed by atoms with E-state index in [2.05, 4.69) is 5.32 Å². The summed E-state index contributed by atoms with van der Waals surface area (Å²) in [6.45, 7) is 2.12. The van der Waals surface area contributed by atoms with E-state index in [9.17, 15) is 14.7 Å². The second-order valence-corrected chi connectivity index (χ2v) is 6.59. The Morgan fingerprint density at radius 3 is 2.81 bits per heavy atom. The van der Waals surface area contributed by atoms with Crippen molar-refractivity contribution in [2.45, 2.75) is 32.1 Å². The molecule has 1 aromatic carbocycles. The summed E-state index contributed by atoms with van der Waals surface area (Å²) in [5.74, 6) is -0.986. The Kier molecular flexibility index (Phi) is 3.44. The van der Waals surface area contributed by atoms with Gasteiger partial charge in [-0.05, 0) is 42.4 Å². The third-order valence-corrected chi connectivity index (χ3v) is 5.34. The largest absolute Gasteiger partial charge is 0.481 e. The quantitative estimate of drug-likeness (QED) is 0.898. The van der Waals surface area contributed by atoms with Gasteiger partial charge in [0.25, 0.3) is 0 Å². The van der Waals surface area contributed by atoms with Gasteiger partial charge in [0.2, 0.25) is 5.91 Å². The third kappa shape index (κ3) is 2.31. The van der Waals surface area contributed by atoms with Crippen molar-refractivity contribution < 1.29 is 14.7 Å². The van der Waals surface area contributed by atoms with Gasteiger partial charge in [-0.25, -0.2) is 0 Å². The number of nitrogens with one attached hydrogen (secondary N) is 1. The molecule has 3 rings (SSSR count). The molecule has 0 aromatic heterocycles. The molecule has 4 nitrogen and oxygen atoms in total. The molecule has 1 fully saturated rings. The lowest BCUT2D eigenvalue weighted by atomic mass is 9.99. The van der Waals surface area contributed by atoms with Gasteiger partial charge in [-0.2, -0.15) is 0 Å². The van der Waals surface area contributed by atoms with Gasteiger partial charge in [-0.3, -0.25) is 9.59 Å². The average molecular weight is 308 g/mol. The fourth-order valence-corrected chi connectivity index (χ4v) is 3.63. The first kappa shape index (κ1) is 14.4. The molecule has 21 heavy (non-hydrogen) atoms. The van der Waals surface area contributed by atoms with Crippen LogP contribution in [0, 0.1) is 11.3 Å². The highest BCUT2D eigenvalue weighted by Gasteiger charge is 2.57. The molecule has 2 aliphatic carbocycles. The summed E-state index contributed by atoms with van der Waals surface area (Å²) < 4.78 is 0. The molecule has 1 unspecified atom stereocenters. The van der Waals surface area contributed by atoms with Crippen LogP contribution in [0.3, 0.4) is 0 Å². The van der Waals surface area contributed by atoms with Crippen molar-refractivity contribution in [3.8, 4) is 0 Å². The van der Waals surface area contributed by atoms with E-state index in [1.807, 2.05) is 25.1 Å². The zero-order valence-corrected chi connectivity index (χ0v) is 12.6. The summed E-state index contributed by atoms with van der Waals surface area (Å²) in [5.41, 5.74) is 1.27. The number of amides is 1. The van der Waals surface area contributed by atoms with E-state index >= 15 is 0 Å². The van der Waals surface area contributed by atoms with Gasteiger partial charge in [0.15, 0.2) is 0 Å². The molecule has 0 aliphatic heterocycles. The highest BCUT2D eigenvalue weighted by molar-refractivity contribution is 6.31. The standard InChI is InChI=1S/C16H18ClNO3/c1-9-7-16(9,15(20)21)8-18-14(19)12-6-5-11-10(12)3-2-4-13(11)17/h2-4,9,12H,5-8H2,1H3,(H,18,19)(H,20,21)/t9-,12?,16+/m1/s1. The molecular weight excluding hydrogens is 290 g/mol. The fourth-order valence-electron chi connectivity index (χ4n) is 3.36. The van der Waals surface area contributed by atoms with Crippen molar-refractivity contribution in [1.29, 1.82) is 0 Å². The number of carboxylic acid groups (broad SMARTS) is 1. The number of carboxylic acids is 1. The Hall–Kier alpha value is -1.55. The zero-order chi connectivity index (χ0) is 15.2. The SMILES string of the molecule is C[C@@H]1C[C@@]1(CNC(=O)C1CCc2c(Cl)cccc21)C(=O)O. The summed E-state index contributed by atoms with van der Waals surface area (Å²) in [4.78, 5) is 23.7. The number of rotatable bonds is 4. The summed E-state index contributed by atoms with van der Waals surface area (Å²) in [6.07, 6.45) is 2.17. The first-order valence-corrected chi connectivity index (χ1v) is 7.62. The van der Waals surface area contributed by atoms with Crippen molar-refractivity contribution in [2.24, 2.45) is 11.3 Å². The van der Waals surface area contributed by atoms with Gasteiger partial charge in [0.1, 0.15) is 0 Å². The number of aliphatic carboxylic acids is 1. The highest BCUT2D eigenvalue weighted by atomic mass is 35.5. The lowest BCUT2D eigenvalue weighted by Gasteiger charge is -2.16. The maximum Gasteiger partial charge on any atom is 0.311 e. The van der Waals surface area contributed by atoms with Crippen LogP contribution in [-0.2, 0) is 16.0 Å². The molecular formula is C16H18ClNO3. The van der Waals surface area contributed by atoms with E-state index in [4.69, 9.17) is 11.6 Å². The van der Waals surface area contributed by atoms with E-state index in [1.165, 1.54) is 0 Å². The molecule has 1 aromatic rings. The summed E-state index contributed by atoms with van der Waals surface area (Å²) >= 11 is 6.15. The summed E-state index contributed by atoms with van der Waals surface area (Å²) in [7, 11) is 0. The van der Waals surface area contributed by atoms with Crippen LogP contribution in [-0.4, -0.2) is 23.5 Å². The zero-order valence-electron chi connectivity index (χ0n) is 11.9. The van der Waals surface area contributed by atoms with Crippen LogP contribution in [0.15, 0.2) is 18.2 Å². The Bertz CT molecular complexity index is 616. The minimum atomic E-state index is -0.815. The van der Waals surface area contributed by atoms with E-state index < -0.39 is 11.4 Å². The Morgan fingerprint density at radius 1 is 1.48 bits per heavy atom. The van der Waals surface area contributed by atoms with E-state index in [0.717, 1.165) is 24.0 Å². The third-order valence-electron chi connectivity index (χ3n) is 4.99. The van der Waals surface area contributed by atoms with Crippen molar-refractivity contribution in [3.63, 3.8) is 0 Å². The molecule has 0 bridgehead atoms. The summed E-state index contributed by atoms with van der Waals surface area (Å²) in [6, 6.07) is 5.63. The van der Waals surface area contributed by atoms with Crippen molar-refractivity contribution in [2.75, 3.05) is 6.54 Å². The molecule has 0 saturated heterocycles. The van der Waals surface area contributed by atoms with Gasteiger partial charge in [0.05, 0.1) is 11.3 Å². The van der Waals surface area contributed by atoms with Gasteiger partial charge in [-0.1, -0.05) is 30.7 Å². The van der Waals surface area contributed by atoms with Gasteiger partial charge >= 0.3 is 5.97 Å². The van der Waals surface area contributed by atoms with Gasteiger partial charge in [0, 0.05) is 11.6 Å². The van der Waals surface area contributed by atoms with E-state index in [1.54, 1.807) is 0 Å². The van der Waals surface area contributed by atoms with Crippen LogP contribution in [0.1, 0.15) is 36.8 Å².